The fraction of sp³-hybridized carbons (Fsp3) is 0.444. The third-order valence-corrected chi connectivity index (χ3v) is 4.44. The molecule has 158 valence electrons. The molecule has 1 atom stereocenters. The minimum Gasteiger partial charge on any atom is -0.493 e. The van der Waals surface area contributed by atoms with E-state index in [0.29, 0.717) is 5.69 Å². The molecule has 1 amide bonds. The lowest BCUT2D eigenvalue weighted by Crippen LogP contribution is -2.26. The van der Waals surface area contributed by atoms with Crippen LogP contribution in [0, 0.1) is 0 Å². The molecule has 3 rings (SSSR count). The number of carbonyl (C=O) groups is 1. The van der Waals surface area contributed by atoms with Gasteiger partial charge < -0.3 is 14.8 Å². The first-order chi connectivity index (χ1) is 13.6. The Hall–Kier alpha value is -2.85. The minimum absolute atomic E-state index is 0.0344. The molecule has 1 N–H and O–H groups in total. The van der Waals surface area contributed by atoms with Crippen LogP contribution >= 0.6 is 0 Å². The van der Waals surface area contributed by atoms with E-state index in [1.165, 1.54) is 32.2 Å². The molecule has 1 saturated carbocycles. The predicted octanol–water partition coefficient (Wildman–Crippen LogP) is 4.59. The zero-order chi connectivity index (χ0) is 21.3. The number of benzene rings is 1. The summed E-state index contributed by atoms with van der Waals surface area (Å²) in [6.45, 7) is -1.62. The maximum Gasteiger partial charge on any atom is 0.435 e. The number of halogens is 5. The lowest BCUT2D eigenvalue weighted by molar-refractivity contribution is -0.141. The van der Waals surface area contributed by atoms with Crippen LogP contribution in [0.15, 0.2) is 24.3 Å². The van der Waals surface area contributed by atoms with Crippen molar-refractivity contribution in [2.75, 3.05) is 12.4 Å². The summed E-state index contributed by atoms with van der Waals surface area (Å²) in [5, 5.41) is 6.11. The van der Waals surface area contributed by atoms with E-state index in [2.05, 4.69) is 15.2 Å². The average molecular weight is 419 g/mol. The molecule has 0 saturated heterocycles. The molecule has 2 aromatic rings. The highest BCUT2D eigenvalue weighted by atomic mass is 19.4. The third kappa shape index (κ3) is 4.77. The second-order valence-corrected chi connectivity index (χ2v) is 6.58. The number of rotatable bonds is 7. The normalized spacial score (nSPS) is 15.3. The Balaban J connectivity index is 1.80. The van der Waals surface area contributed by atoms with Gasteiger partial charge in [-0.2, -0.15) is 27.1 Å². The number of hydrogen-bond donors (Lipinski definition) is 1. The summed E-state index contributed by atoms with van der Waals surface area (Å²) in [5.74, 6) is -0.924. The smallest absolute Gasteiger partial charge is 0.435 e. The lowest BCUT2D eigenvalue weighted by atomic mass is 10.2. The third-order valence-electron chi connectivity index (χ3n) is 4.44. The zero-order valence-corrected chi connectivity index (χ0v) is 15.5. The molecule has 1 aromatic heterocycles. The SMILES string of the molecule is COc1cc(NC(=O)C(C)n2nc(C(F)(F)F)cc2C2CC2)ccc1OC(F)F. The summed E-state index contributed by atoms with van der Waals surface area (Å²) in [6, 6.07) is 3.73. The molecular formula is C18H18F5N3O3. The van der Waals surface area contributed by atoms with E-state index in [1.807, 2.05) is 0 Å². The molecule has 1 aliphatic carbocycles. The molecule has 0 aliphatic heterocycles. The number of aromatic nitrogens is 2. The molecule has 1 fully saturated rings. The first-order valence-electron chi connectivity index (χ1n) is 8.70. The van der Waals surface area contributed by atoms with Crippen molar-refractivity contribution in [3.05, 3.63) is 35.7 Å². The Labute approximate surface area is 162 Å². The van der Waals surface area contributed by atoms with E-state index in [0.717, 1.165) is 23.6 Å². The Morgan fingerprint density at radius 2 is 1.93 bits per heavy atom. The number of alkyl halides is 5. The van der Waals surface area contributed by atoms with Gasteiger partial charge in [-0.05, 0) is 38.0 Å². The van der Waals surface area contributed by atoms with Crippen molar-refractivity contribution in [3.63, 3.8) is 0 Å². The maximum atomic E-state index is 13.0. The maximum absolute atomic E-state index is 13.0. The van der Waals surface area contributed by atoms with E-state index in [9.17, 15) is 26.7 Å². The second-order valence-electron chi connectivity index (χ2n) is 6.58. The van der Waals surface area contributed by atoms with Crippen molar-refractivity contribution in [2.45, 2.75) is 44.5 Å². The largest absolute Gasteiger partial charge is 0.493 e. The molecule has 1 unspecified atom stereocenters. The van der Waals surface area contributed by atoms with Crippen LogP contribution in [0.3, 0.4) is 0 Å². The average Bonchev–Trinajstić information content (AvgIpc) is 3.38. The van der Waals surface area contributed by atoms with Crippen LogP contribution in [0.5, 0.6) is 11.5 Å². The summed E-state index contributed by atoms with van der Waals surface area (Å²) in [7, 11) is 1.24. The summed E-state index contributed by atoms with van der Waals surface area (Å²) in [6.07, 6.45) is -3.14. The summed E-state index contributed by atoms with van der Waals surface area (Å²) in [4.78, 5) is 12.6. The van der Waals surface area contributed by atoms with Crippen molar-refractivity contribution >= 4 is 11.6 Å². The topological polar surface area (TPSA) is 65.4 Å². The standard InChI is InChI=1S/C18H18F5N3O3/c1-9(26-12(10-3-4-10)8-15(25-26)18(21,22)23)16(27)24-11-5-6-13(29-17(19)20)14(7-11)28-2/h5-10,17H,3-4H2,1-2H3,(H,24,27). The van der Waals surface area contributed by atoms with Gasteiger partial charge in [0.1, 0.15) is 6.04 Å². The molecule has 1 heterocycles. The molecule has 6 nitrogen and oxygen atoms in total. The molecule has 11 heteroatoms. The van der Waals surface area contributed by atoms with Gasteiger partial charge in [0.2, 0.25) is 5.91 Å². The fourth-order valence-corrected chi connectivity index (χ4v) is 2.84. The molecule has 1 aliphatic rings. The van der Waals surface area contributed by atoms with Crippen molar-refractivity contribution in [1.82, 2.24) is 9.78 Å². The molecule has 1 aromatic carbocycles. The quantitative estimate of drug-likeness (QED) is 0.667. The highest BCUT2D eigenvalue weighted by Gasteiger charge is 2.39. The highest BCUT2D eigenvalue weighted by Crippen LogP contribution is 2.43. The van der Waals surface area contributed by atoms with Gasteiger partial charge >= 0.3 is 12.8 Å². The number of carbonyl (C=O) groups excluding carboxylic acids is 1. The van der Waals surface area contributed by atoms with E-state index >= 15 is 0 Å². The second kappa shape index (κ2) is 7.88. The molecule has 29 heavy (non-hydrogen) atoms. The highest BCUT2D eigenvalue weighted by molar-refractivity contribution is 5.93. The Kier molecular flexibility index (Phi) is 5.67. The number of anilines is 1. The van der Waals surface area contributed by atoms with Crippen molar-refractivity contribution in [2.24, 2.45) is 0 Å². The first kappa shape index (κ1) is 20.9. The van der Waals surface area contributed by atoms with E-state index in [1.54, 1.807) is 0 Å². The fourth-order valence-electron chi connectivity index (χ4n) is 2.84. The van der Waals surface area contributed by atoms with Crippen LogP contribution in [-0.2, 0) is 11.0 Å². The Bertz CT molecular complexity index is 893. The molecule has 0 bridgehead atoms. The van der Waals surface area contributed by atoms with E-state index < -0.39 is 30.4 Å². The summed E-state index contributed by atoms with van der Waals surface area (Å²) in [5.41, 5.74) is -0.482. The van der Waals surface area contributed by atoms with Crippen LogP contribution in [0.2, 0.25) is 0 Å². The van der Waals surface area contributed by atoms with Gasteiger partial charge in [-0.15, -0.1) is 0 Å². The number of methoxy groups -OCH3 is 1. The summed E-state index contributed by atoms with van der Waals surface area (Å²) >= 11 is 0. The Morgan fingerprint density at radius 3 is 2.48 bits per heavy atom. The monoisotopic (exact) mass is 419 g/mol. The van der Waals surface area contributed by atoms with Gasteiger partial charge in [0.25, 0.3) is 0 Å². The van der Waals surface area contributed by atoms with Gasteiger partial charge in [0, 0.05) is 23.4 Å². The summed E-state index contributed by atoms with van der Waals surface area (Å²) < 4.78 is 74.2. The van der Waals surface area contributed by atoms with E-state index in [-0.39, 0.29) is 23.1 Å². The number of hydrogen-bond acceptors (Lipinski definition) is 4. The zero-order valence-electron chi connectivity index (χ0n) is 15.5. The van der Waals surface area contributed by atoms with E-state index in [4.69, 9.17) is 4.74 Å². The predicted molar refractivity (Wildman–Crippen MR) is 92.2 cm³/mol. The molecule has 0 radical (unpaired) electrons. The van der Waals surface area contributed by atoms with Crippen molar-refractivity contribution < 1.29 is 36.2 Å². The number of nitrogens with one attached hydrogen (secondary N) is 1. The minimum atomic E-state index is -4.61. The first-order valence-corrected chi connectivity index (χ1v) is 8.70. The van der Waals surface area contributed by atoms with Crippen LogP contribution < -0.4 is 14.8 Å². The van der Waals surface area contributed by atoms with Gasteiger partial charge in [0.05, 0.1) is 7.11 Å². The molecular weight excluding hydrogens is 401 g/mol. The van der Waals surface area contributed by atoms with Gasteiger partial charge in [0.15, 0.2) is 17.2 Å². The van der Waals surface area contributed by atoms with Crippen LogP contribution in [0.1, 0.15) is 43.1 Å². The van der Waals surface area contributed by atoms with Gasteiger partial charge in [-0.3, -0.25) is 9.48 Å². The molecule has 0 spiro atoms. The number of amides is 1. The lowest BCUT2D eigenvalue weighted by Gasteiger charge is -2.17. The van der Waals surface area contributed by atoms with Crippen LogP contribution in [0.25, 0.3) is 0 Å². The van der Waals surface area contributed by atoms with Crippen molar-refractivity contribution in [1.29, 1.82) is 0 Å². The van der Waals surface area contributed by atoms with Crippen molar-refractivity contribution in [3.8, 4) is 11.5 Å². The van der Waals surface area contributed by atoms with Gasteiger partial charge in [-0.25, -0.2) is 0 Å². The number of nitrogens with zero attached hydrogens (tertiary/aromatic N) is 2. The van der Waals surface area contributed by atoms with Crippen LogP contribution in [0.4, 0.5) is 27.6 Å². The Morgan fingerprint density at radius 1 is 1.24 bits per heavy atom. The van der Waals surface area contributed by atoms with Gasteiger partial charge in [-0.1, -0.05) is 0 Å². The van der Waals surface area contributed by atoms with Crippen LogP contribution in [-0.4, -0.2) is 29.4 Å². The number of ether oxygens (including phenoxy) is 2.